The van der Waals surface area contributed by atoms with E-state index in [1.165, 1.54) is 12.8 Å². The Morgan fingerprint density at radius 1 is 1.14 bits per heavy atom. The fourth-order valence-electron chi connectivity index (χ4n) is 2.38. The smallest absolute Gasteiger partial charge is 0.161 e. The highest BCUT2D eigenvalue weighted by atomic mass is 16.5. The Hall–Kier alpha value is -2.01. The molecule has 1 saturated carbocycles. The van der Waals surface area contributed by atoms with Crippen molar-refractivity contribution >= 4 is 16.6 Å². The van der Waals surface area contributed by atoms with Crippen molar-refractivity contribution in [1.29, 1.82) is 0 Å². The highest BCUT2D eigenvalue weighted by molar-refractivity contribution is 5.94. The average molecular weight is 287 g/mol. The van der Waals surface area contributed by atoms with E-state index in [1.807, 2.05) is 24.4 Å². The normalized spacial score (nSPS) is 14.2. The summed E-state index contributed by atoms with van der Waals surface area (Å²) < 4.78 is 10.7. The number of fused-ring (bicyclic) bond motifs is 1. The summed E-state index contributed by atoms with van der Waals surface area (Å²) in [5.41, 5.74) is 0. The van der Waals surface area contributed by atoms with Gasteiger partial charge in [-0.15, -0.1) is 0 Å². The number of anilines is 1. The van der Waals surface area contributed by atoms with Gasteiger partial charge in [0.1, 0.15) is 5.82 Å². The summed E-state index contributed by atoms with van der Waals surface area (Å²) in [7, 11) is 3.29. The summed E-state index contributed by atoms with van der Waals surface area (Å²) in [6.45, 7) is 1.81. The number of hydrogen-bond donors (Lipinski definition) is 2. The zero-order valence-corrected chi connectivity index (χ0v) is 12.5. The van der Waals surface area contributed by atoms with Crippen LogP contribution in [0.2, 0.25) is 0 Å². The molecule has 3 rings (SSSR count). The van der Waals surface area contributed by atoms with Crippen LogP contribution in [-0.4, -0.2) is 38.3 Å². The van der Waals surface area contributed by atoms with Gasteiger partial charge in [-0.2, -0.15) is 0 Å². The Morgan fingerprint density at radius 2 is 1.90 bits per heavy atom. The van der Waals surface area contributed by atoms with E-state index in [0.717, 1.165) is 47.2 Å². The summed E-state index contributed by atoms with van der Waals surface area (Å²) in [5, 5.41) is 9.00. The van der Waals surface area contributed by atoms with Crippen LogP contribution in [0.5, 0.6) is 11.5 Å². The van der Waals surface area contributed by atoms with Crippen LogP contribution in [0, 0.1) is 0 Å². The third-order valence-electron chi connectivity index (χ3n) is 3.70. The molecule has 0 aliphatic heterocycles. The first-order valence-corrected chi connectivity index (χ1v) is 7.30. The Labute approximate surface area is 124 Å². The molecule has 2 N–H and O–H groups in total. The number of ether oxygens (including phenoxy) is 2. The quantitative estimate of drug-likeness (QED) is 0.766. The van der Waals surface area contributed by atoms with Gasteiger partial charge in [0.05, 0.1) is 14.2 Å². The van der Waals surface area contributed by atoms with Gasteiger partial charge in [-0.25, -0.2) is 4.98 Å². The molecule has 1 aromatic carbocycles. The Kier molecular flexibility index (Phi) is 4.10. The van der Waals surface area contributed by atoms with Gasteiger partial charge < -0.3 is 20.1 Å². The first-order valence-electron chi connectivity index (χ1n) is 7.30. The first kappa shape index (κ1) is 13.9. The lowest BCUT2D eigenvalue weighted by Gasteiger charge is -2.12. The second-order valence-electron chi connectivity index (χ2n) is 5.24. The third-order valence-corrected chi connectivity index (χ3v) is 3.70. The zero-order chi connectivity index (χ0) is 14.7. The molecular formula is C16H21N3O2. The van der Waals surface area contributed by atoms with E-state index in [-0.39, 0.29) is 0 Å². The second kappa shape index (κ2) is 6.18. The van der Waals surface area contributed by atoms with Gasteiger partial charge in [-0.3, -0.25) is 0 Å². The summed E-state index contributed by atoms with van der Waals surface area (Å²) in [4.78, 5) is 4.43. The van der Waals surface area contributed by atoms with Gasteiger partial charge in [-0.05, 0) is 36.4 Å². The van der Waals surface area contributed by atoms with Crippen molar-refractivity contribution in [1.82, 2.24) is 10.3 Å². The number of aromatic nitrogens is 1. The number of hydrogen-bond acceptors (Lipinski definition) is 5. The number of nitrogens with zero attached hydrogens (tertiary/aromatic N) is 1. The first-order chi connectivity index (χ1) is 10.3. The third kappa shape index (κ3) is 3.19. The molecule has 5 heteroatoms. The molecule has 0 bridgehead atoms. The van der Waals surface area contributed by atoms with Crippen molar-refractivity contribution in [3.05, 3.63) is 24.4 Å². The maximum atomic E-state index is 5.37. The van der Waals surface area contributed by atoms with E-state index < -0.39 is 0 Å². The van der Waals surface area contributed by atoms with Crippen LogP contribution in [0.3, 0.4) is 0 Å². The maximum Gasteiger partial charge on any atom is 0.161 e. The van der Waals surface area contributed by atoms with Crippen molar-refractivity contribution in [2.75, 3.05) is 32.6 Å². The molecule has 1 heterocycles. The van der Waals surface area contributed by atoms with Crippen LogP contribution in [0.25, 0.3) is 10.8 Å². The minimum Gasteiger partial charge on any atom is -0.493 e. The summed E-state index contributed by atoms with van der Waals surface area (Å²) in [5.74, 6) is 2.33. The van der Waals surface area contributed by atoms with Crippen LogP contribution >= 0.6 is 0 Å². The molecule has 5 nitrogen and oxygen atoms in total. The minimum atomic E-state index is 0.720. The predicted molar refractivity (Wildman–Crippen MR) is 84.4 cm³/mol. The second-order valence-corrected chi connectivity index (χ2v) is 5.24. The minimum absolute atomic E-state index is 0.720. The van der Waals surface area contributed by atoms with Gasteiger partial charge in [0, 0.05) is 30.7 Å². The average Bonchev–Trinajstić information content (AvgIpc) is 3.34. The predicted octanol–water partition coefficient (Wildman–Crippen LogP) is 2.42. The highest BCUT2D eigenvalue weighted by Gasteiger charge is 2.19. The number of benzene rings is 1. The van der Waals surface area contributed by atoms with Crippen molar-refractivity contribution in [2.45, 2.75) is 18.9 Å². The van der Waals surface area contributed by atoms with Gasteiger partial charge in [0.15, 0.2) is 11.5 Å². The Morgan fingerprint density at radius 3 is 2.62 bits per heavy atom. The van der Waals surface area contributed by atoms with E-state index in [1.54, 1.807) is 14.2 Å². The molecular weight excluding hydrogens is 266 g/mol. The number of methoxy groups -OCH3 is 2. The highest BCUT2D eigenvalue weighted by Crippen LogP contribution is 2.34. The SMILES string of the molecule is COc1cc2ccnc(NCCNC3CC3)c2cc1OC. The van der Waals surface area contributed by atoms with Crippen LogP contribution < -0.4 is 20.1 Å². The van der Waals surface area contributed by atoms with Gasteiger partial charge in [0.2, 0.25) is 0 Å². The maximum absolute atomic E-state index is 5.37. The Bertz CT molecular complexity index is 626. The molecule has 0 radical (unpaired) electrons. The lowest BCUT2D eigenvalue weighted by Crippen LogP contribution is -2.24. The molecule has 2 aromatic rings. The molecule has 1 aliphatic rings. The van der Waals surface area contributed by atoms with Crippen molar-refractivity contribution in [3.63, 3.8) is 0 Å². The summed E-state index contributed by atoms with van der Waals surface area (Å²) in [6.07, 6.45) is 4.43. The standard InChI is InChI=1S/C16H21N3O2/c1-20-14-9-11-5-6-18-16(13(11)10-15(14)21-2)19-8-7-17-12-3-4-12/h5-6,9-10,12,17H,3-4,7-8H2,1-2H3,(H,18,19). The van der Waals surface area contributed by atoms with E-state index in [0.29, 0.717) is 0 Å². The topological polar surface area (TPSA) is 55.4 Å². The van der Waals surface area contributed by atoms with E-state index in [9.17, 15) is 0 Å². The van der Waals surface area contributed by atoms with Crippen molar-refractivity contribution in [3.8, 4) is 11.5 Å². The molecule has 112 valence electrons. The summed E-state index contributed by atoms with van der Waals surface area (Å²) >= 11 is 0. The number of rotatable bonds is 7. The van der Waals surface area contributed by atoms with Gasteiger partial charge in [-0.1, -0.05) is 0 Å². The Balaban J connectivity index is 1.79. The lowest BCUT2D eigenvalue weighted by atomic mass is 10.1. The molecule has 0 spiro atoms. The molecule has 0 atom stereocenters. The molecule has 0 unspecified atom stereocenters. The molecule has 21 heavy (non-hydrogen) atoms. The van der Waals surface area contributed by atoms with Gasteiger partial charge >= 0.3 is 0 Å². The zero-order valence-electron chi connectivity index (χ0n) is 12.5. The molecule has 1 fully saturated rings. The molecule has 0 amide bonds. The summed E-state index contributed by atoms with van der Waals surface area (Å²) in [6, 6.07) is 6.66. The van der Waals surface area contributed by atoms with Gasteiger partial charge in [0.25, 0.3) is 0 Å². The van der Waals surface area contributed by atoms with E-state index in [4.69, 9.17) is 9.47 Å². The fraction of sp³-hybridized carbons (Fsp3) is 0.438. The molecule has 1 aromatic heterocycles. The van der Waals surface area contributed by atoms with E-state index >= 15 is 0 Å². The number of nitrogens with one attached hydrogen (secondary N) is 2. The van der Waals surface area contributed by atoms with E-state index in [2.05, 4.69) is 15.6 Å². The number of pyridine rings is 1. The fourth-order valence-corrected chi connectivity index (χ4v) is 2.38. The van der Waals surface area contributed by atoms with Crippen LogP contribution in [0.4, 0.5) is 5.82 Å². The van der Waals surface area contributed by atoms with Crippen molar-refractivity contribution in [2.24, 2.45) is 0 Å². The van der Waals surface area contributed by atoms with Crippen LogP contribution in [0.15, 0.2) is 24.4 Å². The molecule has 1 aliphatic carbocycles. The van der Waals surface area contributed by atoms with Crippen LogP contribution in [0.1, 0.15) is 12.8 Å². The lowest BCUT2D eigenvalue weighted by molar-refractivity contribution is 0.356. The molecule has 0 saturated heterocycles. The van der Waals surface area contributed by atoms with Crippen LogP contribution in [-0.2, 0) is 0 Å². The monoisotopic (exact) mass is 287 g/mol. The van der Waals surface area contributed by atoms with Crippen molar-refractivity contribution < 1.29 is 9.47 Å². The largest absolute Gasteiger partial charge is 0.493 e.